The second kappa shape index (κ2) is 39.3. The molecule has 0 spiro atoms. The molecule has 0 aliphatic rings. The molecule has 0 aliphatic carbocycles. The van der Waals surface area contributed by atoms with E-state index in [9.17, 15) is 0 Å². The smallest absolute Gasteiger partial charge is 0.203 e. The maximum absolute atomic E-state index is 6.58. The monoisotopic (exact) mass is 729 g/mol. The molecule has 52 heavy (non-hydrogen) atoms. The van der Waals surface area contributed by atoms with Gasteiger partial charge in [-0.05, 0) is 49.8 Å². The quantitative estimate of drug-likeness (QED) is 0.0627. The van der Waals surface area contributed by atoms with Crippen molar-refractivity contribution >= 4 is 0 Å². The molecule has 0 aromatic heterocycles. The van der Waals surface area contributed by atoms with Crippen LogP contribution in [0.5, 0.6) is 17.2 Å². The van der Waals surface area contributed by atoms with Crippen molar-refractivity contribution in [2.45, 2.75) is 259 Å². The molecule has 3 heteroatoms. The van der Waals surface area contributed by atoms with Gasteiger partial charge in [-0.25, -0.2) is 0 Å². The molecule has 0 fully saturated rings. The SMILES string of the molecule is CCCCCCCCCCCCCOc1cc(CCCC)cc(OCCCCCCCCCCCCC)c1OCCCCCCCCCCCCC. The molecule has 0 unspecified atom stereocenters. The van der Waals surface area contributed by atoms with E-state index < -0.39 is 0 Å². The molecule has 306 valence electrons. The highest BCUT2D eigenvalue weighted by molar-refractivity contribution is 5.54. The van der Waals surface area contributed by atoms with Gasteiger partial charge >= 0.3 is 0 Å². The Morgan fingerprint density at radius 2 is 0.538 bits per heavy atom. The molecule has 0 heterocycles. The number of hydrogen-bond donors (Lipinski definition) is 0. The third-order valence-corrected chi connectivity index (χ3v) is 10.9. The summed E-state index contributed by atoms with van der Waals surface area (Å²) >= 11 is 0. The molecule has 1 aromatic carbocycles. The third-order valence-electron chi connectivity index (χ3n) is 10.9. The van der Waals surface area contributed by atoms with E-state index in [0.717, 1.165) is 62.8 Å². The summed E-state index contributed by atoms with van der Waals surface area (Å²) in [5.41, 5.74) is 1.33. The minimum absolute atomic E-state index is 0.745. The molecule has 1 aromatic rings. The van der Waals surface area contributed by atoms with E-state index in [1.165, 1.54) is 211 Å². The largest absolute Gasteiger partial charge is 0.490 e. The Labute approximate surface area is 326 Å². The van der Waals surface area contributed by atoms with Crippen molar-refractivity contribution in [1.82, 2.24) is 0 Å². The topological polar surface area (TPSA) is 27.7 Å². The molecule has 1 rings (SSSR count). The predicted octanol–water partition coefficient (Wildman–Crippen LogP) is 17.1. The Balaban J connectivity index is 2.61. The molecule has 0 bridgehead atoms. The lowest BCUT2D eigenvalue weighted by Gasteiger charge is -2.19. The van der Waals surface area contributed by atoms with Gasteiger partial charge < -0.3 is 14.2 Å². The summed E-state index contributed by atoms with van der Waals surface area (Å²) in [6.45, 7) is 11.5. The zero-order chi connectivity index (χ0) is 37.4. The Morgan fingerprint density at radius 3 is 0.827 bits per heavy atom. The van der Waals surface area contributed by atoms with Gasteiger partial charge in [-0.15, -0.1) is 0 Å². The maximum Gasteiger partial charge on any atom is 0.203 e. The summed E-state index contributed by atoms with van der Waals surface area (Å²) in [6, 6.07) is 4.53. The van der Waals surface area contributed by atoms with Gasteiger partial charge in [-0.3, -0.25) is 0 Å². The fourth-order valence-electron chi connectivity index (χ4n) is 7.35. The number of rotatable bonds is 42. The van der Waals surface area contributed by atoms with Crippen LogP contribution in [0.15, 0.2) is 12.1 Å². The van der Waals surface area contributed by atoms with Gasteiger partial charge in [0.15, 0.2) is 11.5 Å². The number of benzene rings is 1. The highest BCUT2D eigenvalue weighted by Crippen LogP contribution is 2.40. The fraction of sp³-hybridized carbons (Fsp3) is 0.878. The van der Waals surface area contributed by atoms with Gasteiger partial charge in [0.2, 0.25) is 5.75 Å². The summed E-state index contributed by atoms with van der Waals surface area (Å²) in [7, 11) is 0. The number of ether oxygens (including phenoxy) is 3. The zero-order valence-corrected chi connectivity index (χ0v) is 36.0. The van der Waals surface area contributed by atoms with E-state index in [-0.39, 0.29) is 0 Å². The van der Waals surface area contributed by atoms with Crippen molar-refractivity contribution in [2.24, 2.45) is 0 Å². The minimum Gasteiger partial charge on any atom is -0.490 e. The van der Waals surface area contributed by atoms with Crippen molar-refractivity contribution in [3.63, 3.8) is 0 Å². The van der Waals surface area contributed by atoms with Crippen LogP contribution in [0, 0.1) is 0 Å². The van der Waals surface area contributed by atoms with Crippen LogP contribution in [0.2, 0.25) is 0 Å². The summed E-state index contributed by atoms with van der Waals surface area (Å²) in [5.74, 6) is 2.69. The maximum atomic E-state index is 6.58. The second-order valence-electron chi connectivity index (χ2n) is 16.2. The highest BCUT2D eigenvalue weighted by Gasteiger charge is 2.16. The first kappa shape index (κ1) is 48.6. The van der Waals surface area contributed by atoms with Crippen molar-refractivity contribution in [3.8, 4) is 17.2 Å². The van der Waals surface area contributed by atoms with Crippen molar-refractivity contribution in [3.05, 3.63) is 17.7 Å². The van der Waals surface area contributed by atoms with Crippen LogP contribution in [-0.2, 0) is 6.42 Å². The van der Waals surface area contributed by atoms with Crippen molar-refractivity contribution in [2.75, 3.05) is 19.8 Å². The van der Waals surface area contributed by atoms with Crippen LogP contribution >= 0.6 is 0 Å². The van der Waals surface area contributed by atoms with E-state index in [0.29, 0.717) is 0 Å². The van der Waals surface area contributed by atoms with Gasteiger partial charge in [0, 0.05) is 0 Å². The molecule has 0 atom stereocenters. The Hall–Kier alpha value is -1.38. The minimum atomic E-state index is 0.745. The van der Waals surface area contributed by atoms with Gasteiger partial charge in [0.25, 0.3) is 0 Å². The molecule has 0 radical (unpaired) electrons. The van der Waals surface area contributed by atoms with Gasteiger partial charge in [-0.2, -0.15) is 0 Å². The van der Waals surface area contributed by atoms with E-state index in [2.05, 4.69) is 39.8 Å². The molecule has 0 saturated carbocycles. The third kappa shape index (κ3) is 30.0. The zero-order valence-electron chi connectivity index (χ0n) is 36.0. The van der Waals surface area contributed by atoms with Crippen molar-refractivity contribution < 1.29 is 14.2 Å². The number of unbranched alkanes of at least 4 members (excludes halogenated alkanes) is 31. The highest BCUT2D eigenvalue weighted by atomic mass is 16.5. The second-order valence-corrected chi connectivity index (χ2v) is 16.2. The van der Waals surface area contributed by atoms with Crippen LogP contribution in [0.1, 0.15) is 258 Å². The standard InChI is InChI=1S/C49H92O3/c1-5-9-13-16-19-22-25-28-31-34-37-41-50-47-44-46(40-12-8-4)45-48(51-42-38-35-32-29-26-23-20-17-14-10-6-2)49(47)52-43-39-36-33-30-27-24-21-18-15-11-7-3/h44-45H,5-43H2,1-4H3. The molecule has 0 N–H and O–H groups in total. The van der Waals surface area contributed by atoms with Crippen LogP contribution in [0.25, 0.3) is 0 Å². The molecule has 0 saturated heterocycles. The molecule has 0 aliphatic heterocycles. The summed E-state index contributed by atoms with van der Waals surface area (Å²) in [6.07, 6.45) is 48.0. The Kier molecular flexibility index (Phi) is 36.8. The molecule has 0 amide bonds. The molecular formula is C49H92O3. The van der Waals surface area contributed by atoms with E-state index in [4.69, 9.17) is 14.2 Å². The van der Waals surface area contributed by atoms with Gasteiger partial charge in [-0.1, -0.05) is 227 Å². The first-order chi connectivity index (χ1) is 25.8. The Bertz CT molecular complexity index is 802. The van der Waals surface area contributed by atoms with Crippen LogP contribution in [0.4, 0.5) is 0 Å². The van der Waals surface area contributed by atoms with Crippen molar-refractivity contribution in [1.29, 1.82) is 0 Å². The normalized spacial score (nSPS) is 11.4. The van der Waals surface area contributed by atoms with E-state index in [1.807, 2.05) is 0 Å². The molecular weight excluding hydrogens is 637 g/mol. The lowest BCUT2D eigenvalue weighted by molar-refractivity contribution is 0.234. The first-order valence-corrected chi connectivity index (χ1v) is 23.8. The summed E-state index contributed by atoms with van der Waals surface area (Å²) in [4.78, 5) is 0. The molecule has 3 nitrogen and oxygen atoms in total. The van der Waals surface area contributed by atoms with Crippen LogP contribution in [-0.4, -0.2) is 19.8 Å². The lowest BCUT2D eigenvalue weighted by Crippen LogP contribution is -2.07. The summed E-state index contributed by atoms with van der Waals surface area (Å²) in [5, 5.41) is 0. The lowest BCUT2D eigenvalue weighted by atomic mass is 10.1. The van der Waals surface area contributed by atoms with Gasteiger partial charge in [0.05, 0.1) is 19.8 Å². The Morgan fingerprint density at radius 1 is 0.288 bits per heavy atom. The average molecular weight is 729 g/mol. The number of aryl methyl sites for hydroxylation is 1. The van der Waals surface area contributed by atoms with Crippen LogP contribution in [0.3, 0.4) is 0 Å². The predicted molar refractivity (Wildman–Crippen MR) is 231 cm³/mol. The number of hydrogen-bond acceptors (Lipinski definition) is 3. The van der Waals surface area contributed by atoms with Gasteiger partial charge in [0.1, 0.15) is 0 Å². The van der Waals surface area contributed by atoms with E-state index in [1.54, 1.807) is 0 Å². The average Bonchev–Trinajstić information content (AvgIpc) is 3.15. The van der Waals surface area contributed by atoms with E-state index >= 15 is 0 Å². The summed E-state index contributed by atoms with van der Waals surface area (Å²) < 4.78 is 19.7. The first-order valence-electron chi connectivity index (χ1n) is 23.8. The van der Waals surface area contributed by atoms with Crippen LogP contribution < -0.4 is 14.2 Å². The fourth-order valence-corrected chi connectivity index (χ4v) is 7.35.